The second-order valence-corrected chi connectivity index (χ2v) is 10.6. The van der Waals surface area contributed by atoms with Crippen LogP contribution in [-0.4, -0.2) is 78.1 Å². The first-order valence-electron chi connectivity index (χ1n) is 8.08. The van der Waals surface area contributed by atoms with Gasteiger partial charge in [-0.3, -0.25) is 9.09 Å². The van der Waals surface area contributed by atoms with Crippen LogP contribution in [0.15, 0.2) is 17.1 Å². The number of phosphoric ester groups is 1. The van der Waals surface area contributed by atoms with E-state index in [0.29, 0.717) is 13.3 Å². The molecule has 33 heavy (non-hydrogen) atoms. The quantitative estimate of drug-likeness (QED) is 0.138. The zero-order valence-electron chi connectivity index (χ0n) is 16.4. The van der Waals surface area contributed by atoms with Crippen molar-refractivity contribution in [2.24, 2.45) is 0 Å². The molecule has 0 saturated carbocycles. The van der Waals surface area contributed by atoms with E-state index in [9.17, 15) is 42.4 Å². The minimum absolute atomic E-state index is 0.113. The van der Waals surface area contributed by atoms with Crippen molar-refractivity contribution >= 4 is 29.3 Å². The van der Waals surface area contributed by atoms with Gasteiger partial charge in [0.1, 0.15) is 25.3 Å². The number of nitrogen functional groups attached to an aromatic ring is 1. The van der Waals surface area contributed by atoms with Crippen molar-refractivity contribution in [3.05, 3.63) is 22.7 Å². The van der Waals surface area contributed by atoms with Crippen LogP contribution in [0.4, 0.5) is 14.6 Å². The van der Waals surface area contributed by atoms with E-state index in [0.717, 1.165) is 6.07 Å². The van der Waals surface area contributed by atoms with Crippen LogP contribution in [0, 0.1) is 0 Å². The molecule has 5 atom stereocenters. The third-order valence-electron chi connectivity index (χ3n) is 3.90. The van der Waals surface area contributed by atoms with E-state index < -0.39 is 66.5 Å². The van der Waals surface area contributed by atoms with E-state index in [-0.39, 0.29) is 10.4 Å². The van der Waals surface area contributed by atoms with Crippen molar-refractivity contribution in [1.82, 2.24) is 9.55 Å². The molecule has 0 radical (unpaired) electrons. The Hall–Kier alpha value is -1.17. The number of nitrogens with zero attached hydrogens (tertiary/aromatic N) is 2. The molecule has 0 amide bonds. The fourth-order valence-corrected chi connectivity index (χ4v) is 5.39. The van der Waals surface area contributed by atoms with E-state index in [1.54, 1.807) is 0 Å². The summed E-state index contributed by atoms with van der Waals surface area (Å²) in [6, 6.07) is 0.907. The number of methoxy groups -OCH3 is 1. The normalized spacial score (nSPS) is 20.8. The highest BCUT2D eigenvalue weighted by Crippen LogP contribution is 2.66. The van der Waals surface area contributed by atoms with Gasteiger partial charge in [-0.25, -0.2) is 27.3 Å². The highest BCUT2D eigenvalue weighted by Gasteiger charge is 2.54. The minimum Gasteiger partial charge on any atom is -0.385 e. The Balaban J connectivity index is 3.26. The summed E-state index contributed by atoms with van der Waals surface area (Å²) >= 11 is 0. The van der Waals surface area contributed by atoms with Crippen LogP contribution in [0.25, 0.3) is 0 Å². The van der Waals surface area contributed by atoms with Gasteiger partial charge in [-0.2, -0.15) is 13.6 Å². The minimum atomic E-state index is -5.93. The number of alkyl halides is 2. The molecule has 192 valence electrons. The second-order valence-electron chi connectivity index (χ2n) is 6.19. The topological polar surface area (TPSA) is 270 Å². The molecule has 17 nitrogen and oxygen atoms in total. The van der Waals surface area contributed by atoms with Crippen LogP contribution in [0.5, 0.6) is 0 Å². The summed E-state index contributed by atoms with van der Waals surface area (Å²) in [5.74, 6) is -0.358. The number of nitrogens with two attached hydrogens (primary N) is 1. The van der Waals surface area contributed by atoms with Gasteiger partial charge in [0.25, 0.3) is 0 Å². The molecule has 0 saturated heterocycles. The number of rotatable bonds is 13. The summed E-state index contributed by atoms with van der Waals surface area (Å²) in [7, 11) is -16.8. The van der Waals surface area contributed by atoms with Crippen molar-refractivity contribution in [2.45, 2.75) is 17.4 Å². The summed E-state index contributed by atoms with van der Waals surface area (Å²) in [5, 5.41) is 21.1. The molecule has 1 aromatic rings. The van der Waals surface area contributed by atoms with Crippen molar-refractivity contribution in [2.75, 3.05) is 32.8 Å². The number of anilines is 1. The molecule has 0 aliphatic heterocycles. The van der Waals surface area contributed by atoms with E-state index in [1.807, 2.05) is 0 Å². The number of hydrogen-bond acceptors (Lipinski definition) is 12. The Morgan fingerprint density at radius 3 is 2.15 bits per heavy atom. The maximum atomic E-state index is 13.9. The van der Waals surface area contributed by atoms with Gasteiger partial charge in [-0.1, -0.05) is 0 Å². The van der Waals surface area contributed by atoms with Crippen LogP contribution in [0.3, 0.4) is 0 Å². The van der Waals surface area contributed by atoms with E-state index in [4.69, 9.17) is 20.4 Å². The SMILES string of the molecule is CO[C@](CF)(COP(=O)(O)OP(=O)(O)OP(=O)(O)O)[C@@H](O)[C@](O)(CF)n1ccc(N)nc1=O. The highest BCUT2D eigenvalue weighted by molar-refractivity contribution is 7.66. The van der Waals surface area contributed by atoms with Gasteiger partial charge in [-0.05, 0) is 6.07 Å². The molecule has 0 aliphatic rings. The Bertz CT molecular complexity index is 1030. The molecule has 0 fully saturated rings. The fraction of sp³-hybridized carbons (Fsp3) is 0.636. The van der Waals surface area contributed by atoms with Gasteiger partial charge >= 0.3 is 29.2 Å². The van der Waals surface area contributed by atoms with Crippen LogP contribution < -0.4 is 11.4 Å². The summed E-state index contributed by atoms with van der Waals surface area (Å²) in [4.78, 5) is 50.7. The molecule has 2 unspecified atom stereocenters. The molecule has 0 aromatic carbocycles. The lowest BCUT2D eigenvalue weighted by Gasteiger charge is -2.42. The lowest BCUT2D eigenvalue weighted by atomic mass is 9.90. The van der Waals surface area contributed by atoms with Gasteiger partial charge < -0.3 is 40.3 Å². The summed E-state index contributed by atoms with van der Waals surface area (Å²) < 4.78 is 77.4. The van der Waals surface area contributed by atoms with Gasteiger partial charge in [0.2, 0.25) is 5.72 Å². The molecule has 0 bridgehead atoms. The van der Waals surface area contributed by atoms with E-state index in [1.165, 1.54) is 0 Å². The van der Waals surface area contributed by atoms with Crippen LogP contribution in [-0.2, 0) is 37.3 Å². The number of aliphatic hydroxyl groups is 2. The Morgan fingerprint density at radius 1 is 1.15 bits per heavy atom. The first-order chi connectivity index (χ1) is 14.9. The molecule has 1 aromatic heterocycles. The lowest BCUT2D eigenvalue weighted by molar-refractivity contribution is -0.239. The summed E-state index contributed by atoms with van der Waals surface area (Å²) in [6.07, 6.45) is -2.10. The molecule has 8 N–H and O–H groups in total. The Labute approximate surface area is 182 Å². The Kier molecular flexibility index (Phi) is 9.61. The third kappa shape index (κ3) is 7.66. The monoisotopic (exact) mass is 549 g/mol. The van der Waals surface area contributed by atoms with Gasteiger partial charge in [-0.15, -0.1) is 0 Å². The number of phosphoric acid groups is 3. The van der Waals surface area contributed by atoms with Gasteiger partial charge in [0.15, 0.2) is 5.60 Å². The maximum Gasteiger partial charge on any atom is 0.490 e. The number of aromatic nitrogens is 2. The average Bonchev–Trinajstić information content (AvgIpc) is 2.65. The molecular weight excluding hydrogens is 529 g/mol. The molecule has 1 heterocycles. The first-order valence-corrected chi connectivity index (χ1v) is 12.6. The Morgan fingerprint density at radius 2 is 1.73 bits per heavy atom. The largest absolute Gasteiger partial charge is 0.490 e. The fourth-order valence-electron chi connectivity index (χ4n) is 2.31. The van der Waals surface area contributed by atoms with Crippen molar-refractivity contribution in [1.29, 1.82) is 0 Å². The van der Waals surface area contributed by atoms with Crippen molar-refractivity contribution < 1.29 is 70.1 Å². The number of ether oxygens (including phenoxy) is 1. The zero-order chi connectivity index (χ0) is 25.9. The molecule has 0 aliphatic carbocycles. The number of aliphatic hydroxyl groups excluding tert-OH is 1. The first kappa shape index (κ1) is 29.9. The van der Waals surface area contributed by atoms with Crippen molar-refractivity contribution in [3.63, 3.8) is 0 Å². The highest BCUT2D eigenvalue weighted by atomic mass is 31.3. The van der Waals surface area contributed by atoms with E-state index in [2.05, 4.69) is 22.9 Å². The van der Waals surface area contributed by atoms with Crippen molar-refractivity contribution in [3.8, 4) is 0 Å². The molecular formula is C11H20F2N3O14P3. The lowest BCUT2D eigenvalue weighted by Crippen LogP contribution is -2.64. The van der Waals surface area contributed by atoms with Crippen LogP contribution >= 0.6 is 23.5 Å². The standard InChI is InChI=1S/C11H20F2N3O14P3/c1-27-10(4-12,6-28-32(23,24)30-33(25,26)29-31(20,21)22)8(17)11(19,5-13)16-3-2-7(14)15-9(16)18/h2-3,8,17,19H,4-6H2,1H3,(H,23,24)(H,25,26)(H2,14,15,18)(H2,20,21,22)/t8-,10-,11-/m1/s1. The number of halogens is 2. The van der Waals surface area contributed by atoms with E-state index >= 15 is 0 Å². The second kappa shape index (κ2) is 10.6. The van der Waals surface area contributed by atoms with Gasteiger partial charge in [0.05, 0.1) is 6.61 Å². The summed E-state index contributed by atoms with van der Waals surface area (Å²) in [6.45, 7) is -5.48. The summed E-state index contributed by atoms with van der Waals surface area (Å²) in [5.41, 5.74) is -2.37. The third-order valence-corrected chi connectivity index (χ3v) is 7.68. The molecule has 1 rings (SSSR count). The maximum absolute atomic E-state index is 13.9. The molecule has 0 spiro atoms. The smallest absolute Gasteiger partial charge is 0.385 e. The van der Waals surface area contributed by atoms with Gasteiger partial charge in [0, 0.05) is 13.3 Å². The predicted molar refractivity (Wildman–Crippen MR) is 101 cm³/mol. The number of hydrogen-bond donors (Lipinski definition) is 7. The van der Waals surface area contributed by atoms with Crippen LogP contribution in [0.1, 0.15) is 0 Å². The predicted octanol–water partition coefficient (Wildman–Crippen LogP) is -1.50. The zero-order valence-corrected chi connectivity index (χ0v) is 19.1. The average molecular weight is 549 g/mol. The molecule has 22 heteroatoms. The van der Waals surface area contributed by atoms with Crippen LogP contribution in [0.2, 0.25) is 0 Å².